The lowest BCUT2D eigenvalue weighted by molar-refractivity contribution is -0.133. The Balaban J connectivity index is 2.45. The van der Waals surface area contributed by atoms with E-state index in [1.807, 2.05) is 6.92 Å². The summed E-state index contributed by atoms with van der Waals surface area (Å²) in [4.78, 5) is 26.2. The average molecular weight is 218 g/mol. The molecule has 0 saturated carbocycles. The quantitative estimate of drug-likeness (QED) is 0.766. The van der Waals surface area contributed by atoms with Gasteiger partial charge in [-0.05, 0) is 19.1 Å². The molecule has 5 nitrogen and oxygen atoms in total. The topological polar surface area (TPSA) is 79.3 Å². The lowest BCUT2D eigenvalue weighted by atomic mass is 10.1. The number of aryl methyl sites for hydroxylation is 1. The minimum atomic E-state index is -1.08. The van der Waals surface area contributed by atoms with E-state index in [1.165, 1.54) is 0 Å². The van der Waals surface area contributed by atoms with Crippen LogP contribution in [0.25, 0.3) is 5.70 Å². The second-order valence-electron chi connectivity index (χ2n) is 3.57. The number of carbonyl (C=O) groups excluding carboxylic acids is 1. The molecule has 1 aliphatic rings. The Labute approximate surface area is 91.8 Å². The Bertz CT molecular complexity index is 488. The predicted molar refractivity (Wildman–Crippen MR) is 56.3 cm³/mol. The molecule has 2 rings (SSSR count). The van der Waals surface area contributed by atoms with Gasteiger partial charge in [-0.1, -0.05) is 0 Å². The molecule has 82 valence electrons. The van der Waals surface area contributed by atoms with Crippen molar-refractivity contribution in [3.8, 4) is 0 Å². The molecule has 0 aliphatic carbocycles. The molecule has 16 heavy (non-hydrogen) atoms. The van der Waals surface area contributed by atoms with Crippen LogP contribution in [0, 0.1) is 6.92 Å². The van der Waals surface area contributed by atoms with Crippen LogP contribution in [-0.2, 0) is 9.59 Å². The number of carboxylic acids is 1. The van der Waals surface area contributed by atoms with Gasteiger partial charge in [-0.25, -0.2) is 4.79 Å². The summed E-state index contributed by atoms with van der Waals surface area (Å²) in [5.41, 5.74) is 1.90. The number of aromatic nitrogens is 1. The molecule has 1 amide bonds. The third-order valence-electron chi connectivity index (χ3n) is 2.36. The van der Waals surface area contributed by atoms with Crippen LogP contribution in [0.2, 0.25) is 0 Å². The van der Waals surface area contributed by atoms with E-state index in [4.69, 9.17) is 5.11 Å². The van der Waals surface area contributed by atoms with Gasteiger partial charge in [0.15, 0.2) is 0 Å². The number of rotatable bonds is 2. The zero-order valence-electron chi connectivity index (χ0n) is 8.65. The van der Waals surface area contributed by atoms with Crippen molar-refractivity contribution in [1.29, 1.82) is 0 Å². The molecule has 1 aromatic heterocycles. The van der Waals surface area contributed by atoms with Crippen LogP contribution >= 0.6 is 0 Å². The van der Waals surface area contributed by atoms with Crippen molar-refractivity contribution in [2.45, 2.75) is 13.3 Å². The normalized spacial score (nSPS) is 15.2. The van der Waals surface area contributed by atoms with Gasteiger partial charge in [-0.15, -0.1) is 0 Å². The minimum Gasteiger partial charge on any atom is -0.478 e. The predicted octanol–water partition coefficient (Wildman–Crippen LogP) is 0.706. The number of hydrogen-bond acceptors (Lipinski definition) is 3. The first-order valence-electron chi connectivity index (χ1n) is 4.77. The first-order chi connectivity index (χ1) is 7.58. The molecule has 0 atom stereocenters. The summed E-state index contributed by atoms with van der Waals surface area (Å²) in [5, 5.41) is 11.5. The van der Waals surface area contributed by atoms with Crippen molar-refractivity contribution >= 4 is 17.6 Å². The molecule has 0 spiro atoms. The highest BCUT2D eigenvalue weighted by atomic mass is 16.4. The van der Waals surface area contributed by atoms with Gasteiger partial charge in [0.1, 0.15) is 0 Å². The van der Waals surface area contributed by atoms with Crippen molar-refractivity contribution < 1.29 is 14.7 Å². The molecule has 0 unspecified atom stereocenters. The Hall–Kier alpha value is -2.17. The minimum absolute atomic E-state index is 0.0848. The number of nitrogens with zero attached hydrogens (tertiary/aromatic N) is 1. The van der Waals surface area contributed by atoms with Gasteiger partial charge in [0.05, 0.1) is 17.7 Å². The maximum Gasteiger partial charge on any atom is 0.334 e. The zero-order chi connectivity index (χ0) is 11.7. The third kappa shape index (κ3) is 1.79. The number of carbonyl (C=O) groups is 2. The largest absolute Gasteiger partial charge is 0.478 e. The summed E-state index contributed by atoms with van der Waals surface area (Å²) >= 11 is 0. The number of amides is 1. The van der Waals surface area contributed by atoms with Gasteiger partial charge in [-0.3, -0.25) is 9.78 Å². The highest BCUT2D eigenvalue weighted by molar-refractivity contribution is 6.08. The molecule has 2 N–H and O–H groups in total. The fourth-order valence-electron chi connectivity index (χ4n) is 1.55. The monoisotopic (exact) mass is 218 g/mol. The smallest absolute Gasteiger partial charge is 0.334 e. The molecule has 1 aromatic rings. The summed E-state index contributed by atoms with van der Waals surface area (Å²) in [6.07, 6.45) is 1.47. The number of carboxylic acid groups (broad SMARTS) is 1. The van der Waals surface area contributed by atoms with Crippen LogP contribution in [0.15, 0.2) is 23.9 Å². The Kier molecular flexibility index (Phi) is 2.44. The van der Waals surface area contributed by atoms with Crippen LogP contribution in [-0.4, -0.2) is 22.0 Å². The van der Waals surface area contributed by atoms with E-state index in [0.717, 1.165) is 5.69 Å². The number of nitrogens with one attached hydrogen (secondary N) is 1. The molecule has 0 fully saturated rings. The van der Waals surface area contributed by atoms with Crippen LogP contribution in [0.3, 0.4) is 0 Å². The van der Waals surface area contributed by atoms with E-state index in [-0.39, 0.29) is 17.9 Å². The molecular weight excluding hydrogens is 208 g/mol. The van der Waals surface area contributed by atoms with Crippen LogP contribution in [0.4, 0.5) is 0 Å². The zero-order valence-corrected chi connectivity index (χ0v) is 8.65. The number of pyridine rings is 1. The van der Waals surface area contributed by atoms with E-state index in [0.29, 0.717) is 11.3 Å². The highest BCUT2D eigenvalue weighted by Gasteiger charge is 2.26. The fraction of sp³-hybridized carbons (Fsp3) is 0.182. The fourth-order valence-corrected chi connectivity index (χ4v) is 1.55. The Morgan fingerprint density at radius 2 is 2.25 bits per heavy atom. The van der Waals surface area contributed by atoms with Gasteiger partial charge < -0.3 is 10.4 Å². The molecule has 5 heteroatoms. The molecular formula is C11H10N2O3. The molecule has 0 radical (unpaired) electrons. The molecule has 2 heterocycles. The standard InChI is InChI=1S/C11H10N2O3/c1-6-2-3-7(5-12-6)10-8(11(15)16)4-9(14)13-10/h2-3,5H,4H2,1H3,(H,13,14)(H,15,16). The van der Waals surface area contributed by atoms with Gasteiger partial charge in [0, 0.05) is 17.5 Å². The van der Waals surface area contributed by atoms with Crippen LogP contribution in [0.1, 0.15) is 17.7 Å². The second-order valence-corrected chi connectivity index (χ2v) is 3.57. The van der Waals surface area contributed by atoms with E-state index in [9.17, 15) is 9.59 Å². The van der Waals surface area contributed by atoms with Gasteiger partial charge in [-0.2, -0.15) is 0 Å². The maximum absolute atomic E-state index is 11.2. The summed E-state index contributed by atoms with van der Waals surface area (Å²) in [7, 11) is 0. The number of hydrogen-bond donors (Lipinski definition) is 2. The summed E-state index contributed by atoms with van der Waals surface area (Å²) in [5.74, 6) is -1.37. The second kappa shape index (κ2) is 3.77. The Morgan fingerprint density at radius 3 is 2.81 bits per heavy atom. The first kappa shape index (κ1) is 10.4. The lowest BCUT2D eigenvalue weighted by Gasteiger charge is -2.04. The first-order valence-corrected chi connectivity index (χ1v) is 4.77. The SMILES string of the molecule is Cc1ccc(C2=C(C(=O)O)CC(=O)N2)cn1. The van der Waals surface area contributed by atoms with Crippen molar-refractivity contribution in [2.24, 2.45) is 0 Å². The lowest BCUT2D eigenvalue weighted by Crippen LogP contribution is -2.14. The maximum atomic E-state index is 11.2. The van der Waals surface area contributed by atoms with Gasteiger partial charge in [0.2, 0.25) is 5.91 Å². The highest BCUT2D eigenvalue weighted by Crippen LogP contribution is 2.23. The van der Waals surface area contributed by atoms with Crippen LogP contribution < -0.4 is 5.32 Å². The third-order valence-corrected chi connectivity index (χ3v) is 2.36. The number of aliphatic carboxylic acids is 1. The molecule has 0 saturated heterocycles. The van der Waals surface area contributed by atoms with Crippen molar-refractivity contribution in [3.05, 3.63) is 35.2 Å². The van der Waals surface area contributed by atoms with Gasteiger partial charge in [0.25, 0.3) is 0 Å². The molecule has 0 bridgehead atoms. The van der Waals surface area contributed by atoms with E-state index in [1.54, 1.807) is 18.3 Å². The van der Waals surface area contributed by atoms with Crippen molar-refractivity contribution in [1.82, 2.24) is 10.3 Å². The molecule has 0 aromatic carbocycles. The molecule has 1 aliphatic heterocycles. The summed E-state index contributed by atoms with van der Waals surface area (Å²) in [6.45, 7) is 1.84. The van der Waals surface area contributed by atoms with Crippen LogP contribution in [0.5, 0.6) is 0 Å². The summed E-state index contributed by atoms with van der Waals surface area (Å²) < 4.78 is 0. The van der Waals surface area contributed by atoms with E-state index >= 15 is 0 Å². The summed E-state index contributed by atoms with van der Waals surface area (Å²) in [6, 6.07) is 3.51. The van der Waals surface area contributed by atoms with Crippen molar-refractivity contribution in [2.75, 3.05) is 0 Å². The Morgan fingerprint density at radius 1 is 1.50 bits per heavy atom. The van der Waals surface area contributed by atoms with E-state index in [2.05, 4.69) is 10.3 Å². The average Bonchev–Trinajstić information content (AvgIpc) is 2.61. The van der Waals surface area contributed by atoms with Crippen molar-refractivity contribution in [3.63, 3.8) is 0 Å². The van der Waals surface area contributed by atoms with Gasteiger partial charge >= 0.3 is 5.97 Å². The van der Waals surface area contributed by atoms with E-state index < -0.39 is 5.97 Å².